The average Bonchev–Trinajstić information content (AvgIpc) is 3.04. The quantitative estimate of drug-likeness (QED) is 0.606. The second-order valence-electron chi connectivity index (χ2n) is 5.82. The Labute approximate surface area is 159 Å². The van der Waals surface area contributed by atoms with Crippen molar-refractivity contribution < 1.29 is 14.7 Å². The van der Waals surface area contributed by atoms with Crippen molar-refractivity contribution in [1.82, 2.24) is 15.1 Å². The Bertz CT molecular complexity index is 1030. The van der Waals surface area contributed by atoms with E-state index in [9.17, 15) is 14.4 Å². The second-order valence-corrected chi connectivity index (χ2v) is 6.23. The molecule has 2 aromatic carbocycles. The van der Waals surface area contributed by atoms with Gasteiger partial charge in [0.2, 0.25) is 0 Å². The van der Waals surface area contributed by atoms with Crippen LogP contribution in [0.2, 0.25) is 5.02 Å². The van der Waals surface area contributed by atoms with E-state index in [0.717, 1.165) is 6.07 Å². The Morgan fingerprint density at radius 1 is 1.11 bits per heavy atom. The van der Waals surface area contributed by atoms with Crippen LogP contribution in [-0.4, -0.2) is 26.8 Å². The molecule has 3 aromatic rings. The summed E-state index contributed by atoms with van der Waals surface area (Å²) in [6.45, 7) is 0. The van der Waals surface area contributed by atoms with Gasteiger partial charge < -0.3 is 10.4 Å². The van der Waals surface area contributed by atoms with Gasteiger partial charge in [0.05, 0.1) is 18.2 Å². The van der Waals surface area contributed by atoms with Gasteiger partial charge in [-0.1, -0.05) is 48.0 Å². The lowest BCUT2D eigenvalue weighted by Crippen LogP contribution is -2.30. The van der Waals surface area contributed by atoms with Crippen LogP contribution in [-0.2, 0) is 4.79 Å². The molecular formula is C19H16ClN3O4. The minimum atomic E-state index is -1.09. The number of rotatable bonds is 6. The lowest BCUT2D eigenvalue weighted by Gasteiger charge is -2.18. The first-order valence-electron chi connectivity index (χ1n) is 8.10. The zero-order valence-electron chi connectivity index (χ0n) is 14.1. The third-order valence-electron chi connectivity index (χ3n) is 3.94. The maximum Gasteiger partial charge on any atom is 0.305 e. The Morgan fingerprint density at radius 3 is 2.44 bits per heavy atom. The van der Waals surface area contributed by atoms with Gasteiger partial charge in [-0.15, -0.1) is 0 Å². The van der Waals surface area contributed by atoms with Gasteiger partial charge in [0.1, 0.15) is 5.69 Å². The van der Waals surface area contributed by atoms with Gasteiger partial charge in [-0.3, -0.25) is 19.5 Å². The normalized spacial score (nSPS) is 11.7. The number of hydrogen-bond donors (Lipinski definition) is 3. The molecule has 0 fully saturated rings. The van der Waals surface area contributed by atoms with Crippen molar-refractivity contribution in [1.29, 1.82) is 0 Å². The molecule has 0 radical (unpaired) electrons. The third-order valence-corrected chi connectivity index (χ3v) is 4.29. The summed E-state index contributed by atoms with van der Waals surface area (Å²) in [6.07, 6.45) is -0.348. The molecule has 0 spiro atoms. The van der Waals surface area contributed by atoms with E-state index in [1.807, 2.05) is 6.07 Å². The molecule has 0 aliphatic heterocycles. The van der Waals surface area contributed by atoms with Crippen LogP contribution >= 0.6 is 11.6 Å². The number of carboxylic acids is 1. The number of amides is 1. The molecule has 0 aliphatic rings. The van der Waals surface area contributed by atoms with Crippen molar-refractivity contribution in [2.45, 2.75) is 12.5 Å². The number of halogens is 1. The zero-order valence-corrected chi connectivity index (χ0v) is 14.8. The van der Waals surface area contributed by atoms with E-state index < -0.39 is 23.5 Å². The highest BCUT2D eigenvalue weighted by Gasteiger charge is 2.22. The maximum absolute atomic E-state index is 12.6. The van der Waals surface area contributed by atoms with Gasteiger partial charge in [0.15, 0.2) is 0 Å². The molecule has 138 valence electrons. The number of H-pyrrole nitrogens is 1. The molecule has 27 heavy (non-hydrogen) atoms. The summed E-state index contributed by atoms with van der Waals surface area (Å²) >= 11 is 6.14. The Balaban J connectivity index is 1.87. The van der Waals surface area contributed by atoms with E-state index in [1.165, 1.54) is 4.68 Å². The molecule has 3 rings (SSSR count). The van der Waals surface area contributed by atoms with Crippen LogP contribution in [0.3, 0.4) is 0 Å². The van der Waals surface area contributed by atoms with Crippen LogP contribution in [0.4, 0.5) is 0 Å². The molecule has 3 N–H and O–H groups in total. The molecule has 0 unspecified atom stereocenters. The van der Waals surface area contributed by atoms with Crippen molar-refractivity contribution in [3.63, 3.8) is 0 Å². The Hall–Kier alpha value is -3.32. The first-order chi connectivity index (χ1) is 13.0. The standard InChI is InChI=1S/C19H16ClN3O4/c20-14-9-5-4-8-13(14)15(11-18(25)26)21-19(27)16-10-17(24)23(22-16)12-6-2-1-3-7-12/h1-10,15,22H,11H2,(H,21,27)(H,25,26)/t15-/m0/s1. The lowest BCUT2D eigenvalue weighted by molar-refractivity contribution is -0.137. The van der Waals surface area contributed by atoms with Crippen molar-refractivity contribution in [3.05, 3.63) is 87.3 Å². The van der Waals surface area contributed by atoms with E-state index in [-0.39, 0.29) is 12.1 Å². The molecule has 0 saturated heterocycles. The Kier molecular flexibility index (Phi) is 5.42. The van der Waals surface area contributed by atoms with E-state index in [4.69, 9.17) is 16.7 Å². The van der Waals surface area contributed by atoms with E-state index in [1.54, 1.807) is 48.5 Å². The molecule has 1 aromatic heterocycles. The smallest absolute Gasteiger partial charge is 0.305 e. The first-order valence-corrected chi connectivity index (χ1v) is 8.48. The zero-order chi connectivity index (χ0) is 19.4. The molecule has 0 aliphatic carbocycles. The number of aliphatic carboxylic acids is 1. The summed E-state index contributed by atoms with van der Waals surface area (Å²) in [5, 5.41) is 14.9. The van der Waals surface area contributed by atoms with Crippen LogP contribution in [0.5, 0.6) is 0 Å². The van der Waals surface area contributed by atoms with Crippen LogP contribution in [0.25, 0.3) is 5.69 Å². The van der Waals surface area contributed by atoms with Crippen LogP contribution < -0.4 is 10.9 Å². The number of nitrogens with zero attached hydrogens (tertiary/aromatic N) is 1. The second kappa shape index (κ2) is 7.92. The monoisotopic (exact) mass is 385 g/mol. The molecule has 0 bridgehead atoms. The van der Waals surface area contributed by atoms with Crippen molar-refractivity contribution >= 4 is 23.5 Å². The highest BCUT2D eigenvalue weighted by atomic mass is 35.5. The van der Waals surface area contributed by atoms with Gasteiger partial charge in [-0.2, -0.15) is 0 Å². The summed E-state index contributed by atoms with van der Waals surface area (Å²) in [5.74, 6) is -1.69. The summed E-state index contributed by atoms with van der Waals surface area (Å²) in [7, 11) is 0. The SMILES string of the molecule is O=C(O)C[C@H](NC(=O)c1cc(=O)n(-c2ccccc2)[nH]1)c1ccccc1Cl. The fraction of sp³-hybridized carbons (Fsp3) is 0.105. The molecule has 7 nitrogen and oxygen atoms in total. The number of carbonyl (C=O) groups is 2. The van der Waals surface area contributed by atoms with Crippen molar-refractivity contribution in [2.75, 3.05) is 0 Å². The van der Waals surface area contributed by atoms with Crippen LogP contribution in [0.1, 0.15) is 28.5 Å². The largest absolute Gasteiger partial charge is 0.481 e. The number of carbonyl (C=O) groups excluding carboxylic acids is 1. The minimum Gasteiger partial charge on any atom is -0.481 e. The van der Waals surface area contributed by atoms with Crippen LogP contribution in [0, 0.1) is 0 Å². The Morgan fingerprint density at radius 2 is 1.78 bits per heavy atom. The predicted molar refractivity (Wildman–Crippen MR) is 100 cm³/mol. The van der Waals surface area contributed by atoms with E-state index >= 15 is 0 Å². The summed E-state index contributed by atoms with van der Waals surface area (Å²) in [5.41, 5.74) is 0.680. The van der Waals surface area contributed by atoms with E-state index in [2.05, 4.69) is 10.4 Å². The minimum absolute atomic E-state index is 0.0197. The van der Waals surface area contributed by atoms with Crippen molar-refractivity contribution in [2.24, 2.45) is 0 Å². The number of aromatic amines is 1. The molecular weight excluding hydrogens is 370 g/mol. The van der Waals surface area contributed by atoms with E-state index in [0.29, 0.717) is 16.3 Å². The molecule has 0 saturated carbocycles. The number of benzene rings is 2. The van der Waals surface area contributed by atoms with Crippen molar-refractivity contribution in [3.8, 4) is 5.69 Å². The number of para-hydroxylation sites is 1. The van der Waals surface area contributed by atoms with Gasteiger partial charge >= 0.3 is 5.97 Å². The maximum atomic E-state index is 12.6. The average molecular weight is 386 g/mol. The number of carboxylic acid groups (broad SMARTS) is 1. The predicted octanol–water partition coefficient (Wildman–Crippen LogP) is 2.76. The summed E-state index contributed by atoms with van der Waals surface area (Å²) < 4.78 is 1.23. The number of aromatic nitrogens is 2. The fourth-order valence-electron chi connectivity index (χ4n) is 2.69. The number of nitrogens with one attached hydrogen (secondary N) is 2. The number of hydrogen-bond acceptors (Lipinski definition) is 3. The lowest BCUT2D eigenvalue weighted by atomic mass is 10.0. The van der Waals surface area contributed by atoms with Gasteiger partial charge in [-0.05, 0) is 23.8 Å². The fourth-order valence-corrected chi connectivity index (χ4v) is 2.96. The van der Waals surface area contributed by atoms with Gasteiger partial charge in [0.25, 0.3) is 11.5 Å². The third kappa shape index (κ3) is 4.27. The molecule has 8 heteroatoms. The van der Waals surface area contributed by atoms with Gasteiger partial charge in [-0.25, -0.2) is 4.68 Å². The van der Waals surface area contributed by atoms with Gasteiger partial charge in [0, 0.05) is 11.1 Å². The first kappa shape index (κ1) is 18.5. The summed E-state index contributed by atoms with van der Waals surface area (Å²) in [4.78, 5) is 36.0. The topological polar surface area (TPSA) is 104 Å². The highest BCUT2D eigenvalue weighted by Crippen LogP contribution is 2.25. The summed E-state index contributed by atoms with van der Waals surface area (Å²) in [6, 6.07) is 15.8. The van der Waals surface area contributed by atoms with Crippen LogP contribution in [0.15, 0.2) is 65.5 Å². The highest BCUT2D eigenvalue weighted by molar-refractivity contribution is 6.31. The molecule has 1 amide bonds. The molecule has 1 heterocycles. The molecule has 1 atom stereocenters.